The Kier molecular flexibility index (Phi) is 1.19. The molecule has 0 saturated heterocycles. The molecule has 0 radical (unpaired) electrons. The minimum atomic E-state index is 0.329. The molecule has 54 valence electrons. The van der Waals surface area contributed by atoms with Gasteiger partial charge in [-0.15, -0.1) is 0 Å². The molecule has 1 saturated carbocycles. The molecule has 0 heterocycles. The number of allylic oxidation sites excluding steroid dienone is 2. The fraction of sp³-hybridized carbons (Fsp3) is 0.667. The van der Waals surface area contributed by atoms with Crippen molar-refractivity contribution in [3.63, 3.8) is 0 Å². The second-order valence-corrected chi connectivity index (χ2v) is 3.52. The van der Waals surface area contributed by atoms with Crippen LogP contribution >= 0.6 is 0 Å². The predicted octanol–water partition coefficient (Wildman–Crippen LogP) is 1.64. The summed E-state index contributed by atoms with van der Waals surface area (Å²) in [7, 11) is 0. The van der Waals surface area contributed by atoms with Gasteiger partial charge in [0.2, 0.25) is 0 Å². The van der Waals surface area contributed by atoms with Crippen LogP contribution in [0.4, 0.5) is 0 Å². The lowest BCUT2D eigenvalue weighted by atomic mass is 9.86. The summed E-state index contributed by atoms with van der Waals surface area (Å²) in [5, 5.41) is 0. The van der Waals surface area contributed by atoms with Crippen molar-refractivity contribution in [1.29, 1.82) is 0 Å². The molecule has 10 heavy (non-hydrogen) atoms. The molecule has 0 amide bonds. The van der Waals surface area contributed by atoms with Crippen LogP contribution in [0.25, 0.3) is 0 Å². The van der Waals surface area contributed by atoms with Crippen LogP contribution in [-0.2, 0) is 4.79 Å². The van der Waals surface area contributed by atoms with Crippen LogP contribution in [0.15, 0.2) is 12.2 Å². The van der Waals surface area contributed by atoms with E-state index in [2.05, 4.69) is 19.1 Å². The minimum absolute atomic E-state index is 0.329. The van der Waals surface area contributed by atoms with Crippen molar-refractivity contribution in [1.82, 2.24) is 0 Å². The third kappa shape index (κ3) is 0.606. The summed E-state index contributed by atoms with van der Waals surface area (Å²) in [6.07, 6.45) is 6.85. The molecule has 2 rings (SSSR count). The fourth-order valence-electron chi connectivity index (χ4n) is 2.33. The zero-order valence-electron chi connectivity index (χ0n) is 6.16. The summed E-state index contributed by atoms with van der Waals surface area (Å²) in [5.74, 6) is 2.22. The van der Waals surface area contributed by atoms with Gasteiger partial charge >= 0.3 is 0 Å². The monoisotopic (exact) mass is 136 g/mol. The summed E-state index contributed by atoms with van der Waals surface area (Å²) in [6.45, 7) is 2.19. The van der Waals surface area contributed by atoms with E-state index >= 15 is 0 Å². The molecule has 0 aromatic carbocycles. The van der Waals surface area contributed by atoms with Gasteiger partial charge in [-0.2, -0.15) is 0 Å². The molecule has 0 aromatic heterocycles. The largest absolute Gasteiger partial charge is 0.303 e. The Hall–Kier alpha value is -0.590. The molecule has 2 aliphatic carbocycles. The van der Waals surface area contributed by atoms with Crippen LogP contribution in [0.1, 0.15) is 13.3 Å². The fourth-order valence-corrected chi connectivity index (χ4v) is 2.33. The Labute approximate surface area is 61.1 Å². The van der Waals surface area contributed by atoms with E-state index in [9.17, 15) is 4.79 Å². The van der Waals surface area contributed by atoms with Crippen LogP contribution in [0.2, 0.25) is 0 Å². The summed E-state index contributed by atoms with van der Waals surface area (Å²) in [5.41, 5.74) is 0. The molecule has 0 aliphatic heterocycles. The molecule has 4 atom stereocenters. The second kappa shape index (κ2) is 1.94. The highest BCUT2D eigenvalue weighted by atomic mass is 16.1. The molecule has 1 heteroatoms. The van der Waals surface area contributed by atoms with E-state index in [-0.39, 0.29) is 0 Å². The van der Waals surface area contributed by atoms with Crippen molar-refractivity contribution in [3.05, 3.63) is 12.2 Å². The molecule has 2 unspecified atom stereocenters. The highest BCUT2D eigenvalue weighted by molar-refractivity contribution is 5.57. The molecule has 0 N–H and O–H groups in total. The maximum atomic E-state index is 10.6. The van der Waals surface area contributed by atoms with Crippen molar-refractivity contribution < 1.29 is 4.79 Å². The van der Waals surface area contributed by atoms with Crippen LogP contribution in [0, 0.1) is 23.7 Å². The Bertz CT molecular complexity index is 183. The van der Waals surface area contributed by atoms with E-state index in [4.69, 9.17) is 0 Å². The van der Waals surface area contributed by atoms with Crippen molar-refractivity contribution in [2.45, 2.75) is 13.3 Å². The first-order chi connectivity index (χ1) is 4.83. The third-order valence-electron chi connectivity index (χ3n) is 3.08. The third-order valence-corrected chi connectivity index (χ3v) is 3.08. The van der Waals surface area contributed by atoms with Crippen LogP contribution in [0.5, 0.6) is 0 Å². The number of hydrogen-bond donors (Lipinski definition) is 0. The highest BCUT2D eigenvalue weighted by Crippen LogP contribution is 2.46. The molecular formula is C9H12O. The van der Waals surface area contributed by atoms with Gasteiger partial charge in [-0.25, -0.2) is 0 Å². The average Bonchev–Trinajstić information content (AvgIpc) is 2.46. The van der Waals surface area contributed by atoms with E-state index in [0.29, 0.717) is 23.7 Å². The van der Waals surface area contributed by atoms with E-state index in [1.165, 1.54) is 6.42 Å². The van der Waals surface area contributed by atoms with Crippen molar-refractivity contribution >= 4 is 6.29 Å². The molecule has 2 bridgehead atoms. The summed E-state index contributed by atoms with van der Waals surface area (Å²) in [6, 6.07) is 0. The molecular weight excluding hydrogens is 124 g/mol. The van der Waals surface area contributed by atoms with Crippen LogP contribution < -0.4 is 0 Å². The standard InChI is InChI=1S/C9H12O/c1-6-7-2-3-8(4-7)9(6)5-10/h2-3,5-9H,4H2,1H3/t6?,7-,8+,9?/m0/s1. The van der Waals surface area contributed by atoms with Gasteiger partial charge in [0.05, 0.1) is 0 Å². The Morgan fingerprint density at radius 2 is 2.10 bits per heavy atom. The summed E-state index contributed by atoms with van der Waals surface area (Å²) < 4.78 is 0. The normalized spacial score (nSPS) is 50.1. The van der Waals surface area contributed by atoms with E-state index in [0.717, 1.165) is 6.29 Å². The maximum absolute atomic E-state index is 10.6. The first kappa shape index (κ1) is 6.14. The smallest absolute Gasteiger partial charge is 0.123 e. The topological polar surface area (TPSA) is 17.1 Å². The zero-order valence-corrected chi connectivity index (χ0v) is 6.16. The molecule has 1 fully saturated rings. The summed E-state index contributed by atoms with van der Waals surface area (Å²) in [4.78, 5) is 10.6. The number of carbonyl (C=O) groups is 1. The van der Waals surface area contributed by atoms with Gasteiger partial charge in [-0.1, -0.05) is 19.1 Å². The van der Waals surface area contributed by atoms with Gasteiger partial charge in [-0.05, 0) is 24.2 Å². The molecule has 0 aromatic rings. The van der Waals surface area contributed by atoms with E-state index in [1.807, 2.05) is 0 Å². The van der Waals surface area contributed by atoms with Crippen molar-refractivity contribution in [2.24, 2.45) is 23.7 Å². The molecule has 1 nitrogen and oxygen atoms in total. The van der Waals surface area contributed by atoms with Gasteiger partial charge in [0.25, 0.3) is 0 Å². The van der Waals surface area contributed by atoms with Gasteiger partial charge < -0.3 is 4.79 Å². The lowest BCUT2D eigenvalue weighted by Gasteiger charge is -2.18. The number of aldehydes is 1. The first-order valence-electron chi connectivity index (χ1n) is 3.96. The maximum Gasteiger partial charge on any atom is 0.123 e. The van der Waals surface area contributed by atoms with Gasteiger partial charge in [0.15, 0.2) is 0 Å². The van der Waals surface area contributed by atoms with Gasteiger partial charge in [0, 0.05) is 5.92 Å². The Morgan fingerprint density at radius 1 is 1.40 bits per heavy atom. The van der Waals surface area contributed by atoms with Gasteiger partial charge in [0.1, 0.15) is 6.29 Å². The number of hydrogen-bond acceptors (Lipinski definition) is 1. The Balaban J connectivity index is 2.25. The number of fused-ring (bicyclic) bond motifs is 2. The SMILES string of the molecule is CC1C(C=O)[C@@H]2C=C[C@H]1C2. The lowest BCUT2D eigenvalue weighted by Crippen LogP contribution is -2.17. The quantitative estimate of drug-likeness (QED) is 0.395. The van der Waals surface area contributed by atoms with E-state index < -0.39 is 0 Å². The zero-order chi connectivity index (χ0) is 7.14. The predicted molar refractivity (Wildman–Crippen MR) is 39.5 cm³/mol. The van der Waals surface area contributed by atoms with Crippen molar-refractivity contribution in [3.8, 4) is 0 Å². The van der Waals surface area contributed by atoms with Gasteiger partial charge in [-0.3, -0.25) is 0 Å². The van der Waals surface area contributed by atoms with Crippen LogP contribution in [-0.4, -0.2) is 6.29 Å². The van der Waals surface area contributed by atoms with Crippen molar-refractivity contribution in [2.75, 3.05) is 0 Å². The minimum Gasteiger partial charge on any atom is -0.303 e. The molecule has 0 spiro atoms. The van der Waals surface area contributed by atoms with E-state index in [1.54, 1.807) is 0 Å². The second-order valence-electron chi connectivity index (χ2n) is 3.52. The first-order valence-corrected chi connectivity index (χ1v) is 3.96. The number of rotatable bonds is 1. The summed E-state index contributed by atoms with van der Waals surface area (Å²) >= 11 is 0. The average molecular weight is 136 g/mol. The highest BCUT2D eigenvalue weighted by Gasteiger charge is 2.41. The lowest BCUT2D eigenvalue weighted by molar-refractivity contribution is -0.112. The molecule has 2 aliphatic rings. The number of carbonyl (C=O) groups excluding carboxylic acids is 1. The van der Waals surface area contributed by atoms with Crippen LogP contribution in [0.3, 0.4) is 0 Å². The Morgan fingerprint density at radius 3 is 2.50 bits per heavy atom.